The number of guanidine groups is 1. The summed E-state index contributed by atoms with van der Waals surface area (Å²) in [4.78, 5) is 6.46. The maximum atomic E-state index is 5.37. The topological polar surface area (TPSA) is 46.1 Å². The van der Waals surface area contributed by atoms with Crippen molar-refractivity contribution in [3.63, 3.8) is 0 Å². The number of hydrogen-bond donors (Lipinski definition) is 1. The van der Waals surface area contributed by atoms with Crippen LogP contribution in [-0.4, -0.2) is 45.2 Å². The lowest BCUT2D eigenvalue weighted by atomic mass is 9.99. The Bertz CT molecular complexity index is 581. The van der Waals surface area contributed by atoms with E-state index in [4.69, 9.17) is 15.9 Å². The summed E-state index contributed by atoms with van der Waals surface area (Å²) >= 11 is 0. The van der Waals surface area contributed by atoms with Crippen molar-refractivity contribution >= 4 is 29.9 Å². The summed E-state index contributed by atoms with van der Waals surface area (Å²) < 4.78 is 10.7. The third kappa shape index (κ3) is 3.97. The molecule has 6 heteroatoms. The van der Waals surface area contributed by atoms with Gasteiger partial charge in [-0.25, -0.2) is 0 Å². The predicted molar refractivity (Wildman–Crippen MR) is 99.3 cm³/mol. The molecule has 0 aromatic heterocycles. The zero-order chi connectivity index (χ0) is 15.2. The van der Waals surface area contributed by atoms with Crippen molar-refractivity contribution in [1.82, 2.24) is 10.2 Å². The highest BCUT2D eigenvalue weighted by Crippen LogP contribution is 2.33. The van der Waals surface area contributed by atoms with E-state index in [-0.39, 0.29) is 24.0 Å². The third-order valence-corrected chi connectivity index (χ3v) is 3.58. The van der Waals surface area contributed by atoms with Gasteiger partial charge < -0.3 is 19.7 Å². The lowest BCUT2D eigenvalue weighted by Gasteiger charge is -2.32. The fourth-order valence-corrected chi connectivity index (χ4v) is 2.53. The molecule has 0 saturated carbocycles. The van der Waals surface area contributed by atoms with E-state index in [9.17, 15) is 0 Å². The summed E-state index contributed by atoms with van der Waals surface area (Å²) in [6, 6.07) is 4.10. The Morgan fingerprint density at radius 1 is 1.32 bits per heavy atom. The van der Waals surface area contributed by atoms with Gasteiger partial charge in [-0.2, -0.15) is 0 Å². The number of hydrogen-bond acceptors (Lipinski definition) is 3. The van der Waals surface area contributed by atoms with Crippen LogP contribution in [-0.2, 0) is 13.0 Å². The molecule has 2 rings (SSSR count). The van der Waals surface area contributed by atoms with E-state index >= 15 is 0 Å². The number of nitrogens with one attached hydrogen (secondary N) is 1. The predicted octanol–water partition coefficient (Wildman–Crippen LogP) is 1.89. The number of rotatable bonds is 3. The molecule has 0 unspecified atom stereocenters. The van der Waals surface area contributed by atoms with E-state index in [0.717, 1.165) is 37.0 Å². The van der Waals surface area contributed by atoms with Crippen LogP contribution in [0.5, 0.6) is 11.5 Å². The van der Waals surface area contributed by atoms with Crippen LogP contribution in [0, 0.1) is 12.3 Å². The second-order valence-corrected chi connectivity index (χ2v) is 4.75. The summed E-state index contributed by atoms with van der Waals surface area (Å²) in [7, 11) is 5.08. The van der Waals surface area contributed by atoms with Crippen molar-refractivity contribution in [1.29, 1.82) is 0 Å². The van der Waals surface area contributed by atoms with Crippen LogP contribution in [0.2, 0.25) is 0 Å². The summed E-state index contributed by atoms with van der Waals surface area (Å²) in [6.07, 6.45) is 6.23. The summed E-state index contributed by atoms with van der Waals surface area (Å²) in [5, 5.41) is 3.15. The molecule has 0 amide bonds. The molecule has 5 nitrogen and oxygen atoms in total. The van der Waals surface area contributed by atoms with Crippen LogP contribution >= 0.6 is 24.0 Å². The molecule has 0 atom stereocenters. The fraction of sp³-hybridized carbons (Fsp3) is 0.438. The first-order valence-electron chi connectivity index (χ1n) is 6.86. The van der Waals surface area contributed by atoms with Crippen molar-refractivity contribution in [3.05, 3.63) is 23.3 Å². The Kier molecular flexibility index (Phi) is 7.32. The maximum absolute atomic E-state index is 5.37. The quantitative estimate of drug-likeness (QED) is 0.355. The Balaban J connectivity index is 0.00000242. The van der Waals surface area contributed by atoms with E-state index < -0.39 is 0 Å². The van der Waals surface area contributed by atoms with Gasteiger partial charge in [0.15, 0.2) is 17.5 Å². The van der Waals surface area contributed by atoms with Crippen molar-refractivity contribution in [3.8, 4) is 23.8 Å². The number of ether oxygens (including phenoxy) is 2. The summed E-state index contributed by atoms with van der Waals surface area (Å²) in [6.45, 7) is 2.15. The van der Waals surface area contributed by atoms with Gasteiger partial charge in [0.1, 0.15) is 0 Å². The molecule has 1 aromatic rings. The molecule has 1 N–H and O–H groups in total. The molecule has 22 heavy (non-hydrogen) atoms. The zero-order valence-electron chi connectivity index (χ0n) is 13.2. The van der Waals surface area contributed by atoms with Gasteiger partial charge in [0, 0.05) is 20.1 Å². The highest BCUT2D eigenvalue weighted by molar-refractivity contribution is 14.0. The lowest BCUT2D eigenvalue weighted by Crippen LogP contribution is -2.44. The van der Waals surface area contributed by atoms with Gasteiger partial charge in [0.25, 0.3) is 0 Å². The van der Waals surface area contributed by atoms with Crippen molar-refractivity contribution < 1.29 is 9.47 Å². The minimum Gasteiger partial charge on any atom is -0.493 e. The molecule has 0 aliphatic carbocycles. The molecule has 0 spiro atoms. The van der Waals surface area contributed by atoms with Crippen LogP contribution < -0.4 is 14.8 Å². The van der Waals surface area contributed by atoms with Crippen LogP contribution in [0.3, 0.4) is 0 Å². The number of halogens is 1. The average Bonchev–Trinajstić information content (AvgIpc) is 2.54. The van der Waals surface area contributed by atoms with Crippen LogP contribution in [0.1, 0.15) is 11.1 Å². The fourth-order valence-electron chi connectivity index (χ4n) is 2.53. The molecular weight excluding hydrogens is 393 g/mol. The normalized spacial score (nSPS) is 13.5. The minimum absolute atomic E-state index is 0. The molecule has 120 valence electrons. The molecule has 1 aliphatic heterocycles. The van der Waals surface area contributed by atoms with E-state index in [1.165, 1.54) is 11.1 Å². The maximum Gasteiger partial charge on any atom is 0.194 e. The van der Waals surface area contributed by atoms with Gasteiger partial charge in [-0.3, -0.25) is 4.99 Å². The lowest BCUT2D eigenvalue weighted by molar-refractivity contribution is 0.346. The smallest absolute Gasteiger partial charge is 0.194 e. The van der Waals surface area contributed by atoms with Gasteiger partial charge in [-0.05, 0) is 29.7 Å². The van der Waals surface area contributed by atoms with Gasteiger partial charge >= 0.3 is 0 Å². The van der Waals surface area contributed by atoms with E-state index in [2.05, 4.69) is 27.2 Å². The molecule has 1 aromatic carbocycles. The molecule has 0 radical (unpaired) electrons. The van der Waals surface area contributed by atoms with Gasteiger partial charge in [0.2, 0.25) is 0 Å². The van der Waals surface area contributed by atoms with Gasteiger partial charge in [0.05, 0.1) is 20.8 Å². The number of aliphatic imine (C=N–C) groups is 1. The largest absolute Gasteiger partial charge is 0.493 e. The van der Waals surface area contributed by atoms with Gasteiger partial charge in [-0.1, -0.05) is 5.92 Å². The third-order valence-electron chi connectivity index (χ3n) is 3.58. The highest BCUT2D eigenvalue weighted by Gasteiger charge is 2.21. The molecule has 1 aliphatic rings. The Labute approximate surface area is 149 Å². The Morgan fingerprint density at radius 2 is 1.95 bits per heavy atom. The van der Waals surface area contributed by atoms with Gasteiger partial charge in [-0.15, -0.1) is 30.4 Å². The second-order valence-electron chi connectivity index (χ2n) is 4.75. The van der Waals surface area contributed by atoms with Crippen LogP contribution in [0.25, 0.3) is 0 Å². The monoisotopic (exact) mass is 415 g/mol. The summed E-state index contributed by atoms with van der Waals surface area (Å²) in [5.74, 6) is 4.93. The first-order valence-corrected chi connectivity index (χ1v) is 6.86. The number of methoxy groups -OCH3 is 2. The molecule has 0 saturated heterocycles. The van der Waals surface area contributed by atoms with Crippen molar-refractivity contribution in [2.24, 2.45) is 4.99 Å². The zero-order valence-corrected chi connectivity index (χ0v) is 15.5. The first-order chi connectivity index (χ1) is 10.2. The average molecular weight is 415 g/mol. The molecule has 1 heterocycles. The molecule has 0 bridgehead atoms. The van der Waals surface area contributed by atoms with Crippen LogP contribution in [0.4, 0.5) is 0 Å². The second kappa shape index (κ2) is 8.73. The van der Waals surface area contributed by atoms with E-state index in [1.807, 2.05) is 6.07 Å². The first kappa shape index (κ1) is 18.4. The minimum atomic E-state index is 0. The standard InChI is InChI=1S/C16H21N3O2.HI/c1-5-7-18-16(17-2)19-8-6-12-9-14(20-3)15(21-4)10-13(12)11-19;/h1,9-10H,6-8,11H2,2-4H3,(H,17,18);1H. The Hall–Kier alpha value is -1.62. The van der Waals surface area contributed by atoms with Crippen LogP contribution in [0.15, 0.2) is 17.1 Å². The van der Waals surface area contributed by atoms with Crippen molar-refractivity contribution in [2.45, 2.75) is 13.0 Å². The number of nitrogens with zero attached hydrogens (tertiary/aromatic N) is 2. The molecule has 0 fully saturated rings. The Morgan fingerprint density at radius 3 is 2.50 bits per heavy atom. The SMILES string of the molecule is C#CCNC(=NC)N1CCc2cc(OC)c(OC)cc2C1.I. The number of terminal acetylenes is 1. The van der Waals surface area contributed by atoms with E-state index in [1.54, 1.807) is 21.3 Å². The highest BCUT2D eigenvalue weighted by atomic mass is 127. The van der Waals surface area contributed by atoms with E-state index in [0.29, 0.717) is 6.54 Å². The number of fused-ring (bicyclic) bond motifs is 1. The number of benzene rings is 1. The summed E-state index contributed by atoms with van der Waals surface area (Å²) in [5.41, 5.74) is 2.51. The molecular formula is C16H22IN3O2. The van der Waals surface area contributed by atoms with Crippen molar-refractivity contribution in [2.75, 3.05) is 34.4 Å².